The standard InChI is InChI=1S/C12H18O2S2Se/c13-9(5-11-7-15-11)1-3-17-4-2-10(14)6-12-8-16-12/h11-12H,1-8H2. The monoisotopic (exact) mass is 338 g/mol. The van der Waals surface area contributed by atoms with Gasteiger partial charge in [-0.15, -0.1) is 0 Å². The van der Waals surface area contributed by atoms with E-state index in [0.717, 1.165) is 36.3 Å². The second-order valence-electron chi connectivity index (χ2n) is 4.51. The van der Waals surface area contributed by atoms with Gasteiger partial charge in [0.25, 0.3) is 0 Å². The quantitative estimate of drug-likeness (QED) is 0.348. The van der Waals surface area contributed by atoms with Gasteiger partial charge in [0, 0.05) is 0 Å². The van der Waals surface area contributed by atoms with Gasteiger partial charge in [-0.2, -0.15) is 0 Å². The van der Waals surface area contributed by atoms with Crippen molar-refractivity contribution in [3.8, 4) is 0 Å². The van der Waals surface area contributed by atoms with Crippen LogP contribution < -0.4 is 0 Å². The first-order valence-corrected chi connectivity index (χ1v) is 10.6. The zero-order valence-corrected chi connectivity index (χ0v) is 13.2. The van der Waals surface area contributed by atoms with Crippen LogP contribution in [0.25, 0.3) is 0 Å². The van der Waals surface area contributed by atoms with Crippen molar-refractivity contribution in [3.63, 3.8) is 0 Å². The summed E-state index contributed by atoms with van der Waals surface area (Å²) < 4.78 is 0. The Bertz CT molecular complexity index is 260. The first-order valence-electron chi connectivity index (χ1n) is 6.08. The average Bonchev–Trinajstić information content (AvgIpc) is 3.13. The molecule has 17 heavy (non-hydrogen) atoms. The number of ketones is 2. The van der Waals surface area contributed by atoms with E-state index in [-0.39, 0.29) is 0 Å². The molecule has 0 N–H and O–H groups in total. The van der Waals surface area contributed by atoms with Gasteiger partial charge in [0.15, 0.2) is 0 Å². The van der Waals surface area contributed by atoms with Gasteiger partial charge < -0.3 is 0 Å². The van der Waals surface area contributed by atoms with E-state index in [2.05, 4.69) is 0 Å². The van der Waals surface area contributed by atoms with Gasteiger partial charge in [0.1, 0.15) is 0 Å². The summed E-state index contributed by atoms with van der Waals surface area (Å²) in [6.07, 6.45) is 3.09. The third-order valence-corrected chi connectivity index (χ3v) is 6.78. The summed E-state index contributed by atoms with van der Waals surface area (Å²) in [5.41, 5.74) is 0. The molecule has 0 aromatic rings. The van der Waals surface area contributed by atoms with Crippen LogP contribution in [0.4, 0.5) is 0 Å². The maximum absolute atomic E-state index is 11.5. The molecule has 0 radical (unpaired) electrons. The molecule has 0 bridgehead atoms. The average molecular weight is 337 g/mol. The summed E-state index contributed by atoms with van der Waals surface area (Å²) >= 11 is 4.29. The third-order valence-electron chi connectivity index (χ3n) is 2.77. The molecule has 0 aliphatic carbocycles. The molecule has 0 spiro atoms. The number of carbonyl (C=O) groups excluding carboxylic acids is 2. The summed E-state index contributed by atoms with van der Waals surface area (Å²) in [5, 5.41) is 3.36. The van der Waals surface area contributed by atoms with E-state index in [4.69, 9.17) is 0 Å². The Labute approximate surface area is 118 Å². The molecule has 0 amide bonds. The molecule has 2 heterocycles. The predicted molar refractivity (Wildman–Crippen MR) is 76.3 cm³/mol. The second kappa shape index (κ2) is 7.22. The molecule has 2 atom stereocenters. The molecule has 96 valence electrons. The molecule has 2 fully saturated rings. The van der Waals surface area contributed by atoms with Gasteiger partial charge in [-0.05, 0) is 0 Å². The predicted octanol–water partition coefficient (Wildman–Crippen LogP) is 2.46. The fourth-order valence-electron chi connectivity index (χ4n) is 1.56. The fraction of sp³-hybridized carbons (Fsp3) is 0.833. The van der Waals surface area contributed by atoms with Crippen LogP contribution in [0.2, 0.25) is 10.6 Å². The molecular formula is C12H18O2S2Se. The molecule has 2 nitrogen and oxygen atoms in total. The molecule has 0 aromatic heterocycles. The summed E-state index contributed by atoms with van der Waals surface area (Å²) in [6.45, 7) is 0. The van der Waals surface area contributed by atoms with E-state index in [1.165, 1.54) is 11.5 Å². The van der Waals surface area contributed by atoms with E-state index in [0.29, 0.717) is 37.0 Å². The summed E-state index contributed by atoms with van der Waals surface area (Å²) in [4.78, 5) is 22.9. The van der Waals surface area contributed by atoms with Gasteiger partial charge in [-0.25, -0.2) is 0 Å². The number of carbonyl (C=O) groups is 2. The van der Waals surface area contributed by atoms with E-state index < -0.39 is 0 Å². The van der Waals surface area contributed by atoms with Crippen LogP contribution in [0.1, 0.15) is 25.7 Å². The molecule has 2 unspecified atom stereocenters. The molecule has 0 aromatic carbocycles. The van der Waals surface area contributed by atoms with Crippen molar-refractivity contribution in [2.45, 2.75) is 46.8 Å². The number of thioether (sulfide) groups is 2. The van der Waals surface area contributed by atoms with Crippen LogP contribution >= 0.6 is 23.5 Å². The molecule has 2 rings (SSSR count). The Balaban J connectivity index is 1.39. The van der Waals surface area contributed by atoms with Crippen molar-refractivity contribution < 1.29 is 9.59 Å². The first-order chi connectivity index (χ1) is 8.24. The summed E-state index contributed by atoms with van der Waals surface area (Å²) in [6, 6.07) is 0. The van der Waals surface area contributed by atoms with E-state index in [1.807, 2.05) is 23.5 Å². The summed E-state index contributed by atoms with van der Waals surface area (Å²) in [5.74, 6) is 3.24. The van der Waals surface area contributed by atoms with Crippen molar-refractivity contribution >= 4 is 50.0 Å². The zero-order chi connectivity index (χ0) is 12.1. The topological polar surface area (TPSA) is 34.1 Å². The fourth-order valence-corrected chi connectivity index (χ4v) is 4.66. The van der Waals surface area contributed by atoms with Gasteiger partial charge >= 0.3 is 118 Å². The molecular weight excluding hydrogens is 319 g/mol. The van der Waals surface area contributed by atoms with Crippen LogP contribution in [-0.2, 0) is 9.59 Å². The van der Waals surface area contributed by atoms with Gasteiger partial charge in [0.2, 0.25) is 0 Å². The summed E-state index contributed by atoms with van der Waals surface area (Å²) in [7, 11) is 0. The maximum atomic E-state index is 11.5. The SMILES string of the molecule is O=C(CC[Se]CCC(=O)CC1CS1)CC1CS1. The Hall–Kier alpha value is 0.559. The number of hydrogen-bond acceptors (Lipinski definition) is 4. The normalized spacial score (nSPS) is 25.6. The Morgan fingerprint density at radius 2 is 1.35 bits per heavy atom. The Morgan fingerprint density at radius 3 is 1.71 bits per heavy atom. The van der Waals surface area contributed by atoms with Crippen molar-refractivity contribution in [2.24, 2.45) is 0 Å². The minimum atomic E-state index is 0.433. The molecule has 0 saturated carbocycles. The molecule has 5 heteroatoms. The first kappa shape index (κ1) is 14.0. The van der Waals surface area contributed by atoms with Crippen molar-refractivity contribution in [2.75, 3.05) is 11.5 Å². The van der Waals surface area contributed by atoms with Crippen LogP contribution in [-0.4, -0.2) is 48.5 Å². The van der Waals surface area contributed by atoms with Crippen LogP contribution in [0.3, 0.4) is 0 Å². The molecule has 2 aliphatic heterocycles. The van der Waals surface area contributed by atoms with Crippen molar-refractivity contribution in [1.82, 2.24) is 0 Å². The number of hydrogen-bond donors (Lipinski definition) is 0. The van der Waals surface area contributed by atoms with E-state index in [1.54, 1.807) is 0 Å². The number of rotatable bonds is 10. The van der Waals surface area contributed by atoms with Crippen molar-refractivity contribution in [3.05, 3.63) is 0 Å². The van der Waals surface area contributed by atoms with Crippen LogP contribution in [0, 0.1) is 0 Å². The molecule has 2 saturated heterocycles. The third kappa shape index (κ3) is 6.90. The van der Waals surface area contributed by atoms with Crippen LogP contribution in [0.15, 0.2) is 0 Å². The number of Topliss-reactive ketones (excluding diaryl/α,β-unsaturated/α-hetero) is 2. The van der Waals surface area contributed by atoms with Crippen LogP contribution in [0.5, 0.6) is 0 Å². The van der Waals surface area contributed by atoms with E-state index >= 15 is 0 Å². The second-order valence-corrected chi connectivity index (χ2v) is 9.74. The molecule has 2 aliphatic rings. The van der Waals surface area contributed by atoms with Gasteiger partial charge in [-0.1, -0.05) is 0 Å². The Morgan fingerprint density at radius 1 is 0.941 bits per heavy atom. The minimum absolute atomic E-state index is 0.433. The van der Waals surface area contributed by atoms with E-state index in [9.17, 15) is 9.59 Å². The zero-order valence-electron chi connectivity index (χ0n) is 9.85. The van der Waals surface area contributed by atoms with Crippen molar-refractivity contribution in [1.29, 1.82) is 0 Å². The Kier molecular flexibility index (Phi) is 5.94. The van der Waals surface area contributed by atoms with Gasteiger partial charge in [0.05, 0.1) is 0 Å². The van der Waals surface area contributed by atoms with Gasteiger partial charge in [-0.3, -0.25) is 0 Å².